The fourth-order valence-corrected chi connectivity index (χ4v) is 2.13. The highest BCUT2D eigenvalue weighted by atomic mass is 16.5. The van der Waals surface area contributed by atoms with E-state index in [-0.39, 0.29) is 12.5 Å². The lowest BCUT2D eigenvalue weighted by molar-refractivity contribution is 0.0950. The summed E-state index contributed by atoms with van der Waals surface area (Å²) in [5, 5.41) is 5.41. The van der Waals surface area contributed by atoms with Gasteiger partial charge in [-0.3, -0.25) is 9.78 Å². The number of carbonyl (C=O) groups is 2. The van der Waals surface area contributed by atoms with Gasteiger partial charge < -0.3 is 20.1 Å². The monoisotopic (exact) mass is 343 g/mol. The van der Waals surface area contributed by atoms with Gasteiger partial charge in [-0.25, -0.2) is 4.79 Å². The van der Waals surface area contributed by atoms with Crippen molar-refractivity contribution in [3.63, 3.8) is 0 Å². The highest BCUT2D eigenvalue weighted by Crippen LogP contribution is 2.12. The SMILES string of the molecule is CCOC(=O)NCc1cc(C(=O)NCc2cccc(OC)c2)ccn1. The van der Waals surface area contributed by atoms with Crippen molar-refractivity contribution in [1.29, 1.82) is 0 Å². The van der Waals surface area contributed by atoms with Crippen molar-refractivity contribution in [2.24, 2.45) is 0 Å². The van der Waals surface area contributed by atoms with Gasteiger partial charge in [0.05, 0.1) is 26.0 Å². The molecule has 1 aromatic carbocycles. The summed E-state index contributed by atoms with van der Waals surface area (Å²) in [7, 11) is 1.60. The van der Waals surface area contributed by atoms with Gasteiger partial charge >= 0.3 is 6.09 Å². The molecule has 1 heterocycles. The Bertz CT molecular complexity index is 734. The van der Waals surface area contributed by atoms with Gasteiger partial charge in [-0.2, -0.15) is 0 Å². The lowest BCUT2D eigenvalue weighted by atomic mass is 10.2. The third kappa shape index (κ3) is 5.80. The molecule has 25 heavy (non-hydrogen) atoms. The lowest BCUT2D eigenvalue weighted by Gasteiger charge is -2.08. The zero-order chi connectivity index (χ0) is 18.1. The Labute approximate surface area is 146 Å². The molecule has 0 spiro atoms. The largest absolute Gasteiger partial charge is 0.497 e. The molecule has 132 valence electrons. The van der Waals surface area contributed by atoms with Gasteiger partial charge in [-0.05, 0) is 36.8 Å². The molecule has 1 aromatic heterocycles. The highest BCUT2D eigenvalue weighted by molar-refractivity contribution is 5.94. The first-order valence-corrected chi connectivity index (χ1v) is 7.89. The maximum absolute atomic E-state index is 12.3. The smallest absolute Gasteiger partial charge is 0.407 e. The number of aromatic nitrogens is 1. The van der Waals surface area contributed by atoms with Crippen LogP contribution in [-0.2, 0) is 17.8 Å². The molecule has 2 aromatic rings. The molecule has 0 aliphatic carbocycles. The van der Waals surface area contributed by atoms with Crippen LogP contribution >= 0.6 is 0 Å². The van der Waals surface area contributed by atoms with Crippen molar-refractivity contribution in [2.45, 2.75) is 20.0 Å². The molecule has 0 aliphatic rings. The molecule has 2 rings (SSSR count). The fraction of sp³-hybridized carbons (Fsp3) is 0.278. The van der Waals surface area contributed by atoms with E-state index in [1.165, 1.54) is 6.20 Å². The Kier molecular flexibility index (Phi) is 6.76. The van der Waals surface area contributed by atoms with Crippen LogP contribution in [0.25, 0.3) is 0 Å². The molecule has 0 saturated carbocycles. The number of nitrogens with zero attached hydrogens (tertiary/aromatic N) is 1. The van der Waals surface area contributed by atoms with Crippen LogP contribution in [0.15, 0.2) is 42.6 Å². The molecule has 7 nitrogen and oxygen atoms in total. The van der Waals surface area contributed by atoms with Crippen molar-refractivity contribution in [1.82, 2.24) is 15.6 Å². The van der Waals surface area contributed by atoms with E-state index in [9.17, 15) is 9.59 Å². The Morgan fingerprint density at radius 1 is 1.12 bits per heavy atom. The number of ether oxygens (including phenoxy) is 2. The maximum Gasteiger partial charge on any atom is 0.407 e. The molecule has 0 aliphatic heterocycles. The van der Waals surface area contributed by atoms with E-state index >= 15 is 0 Å². The van der Waals surface area contributed by atoms with Gasteiger partial charge in [0.1, 0.15) is 5.75 Å². The summed E-state index contributed by atoms with van der Waals surface area (Å²) in [6, 6.07) is 10.7. The van der Waals surface area contributed by atoms with Crippen molar-refractivity contribution < 1.29 is 19.1 Å². The standard InChI is InChI=1S/C18H21N3O4/c1-3-25-18(23)21-12-15-10-14(7-8-19-15)17(22)20-11-13-5-4-6-16(9-13)24-2/h4-10H,3,11-12H2,1-2H3,(H,20,22)(H,21,23). The van der Waals surface area contributed by atoms with Crippen LogP contribution in [0.2, 0.25) is 0 Å². The van der Waals surface area contributed by atoms with Gasteiger partial charge in [0.25, 0.3) is 5.91 Å². The minimum atomic E-state index is -0.517. The molecule has 0 radical (unpaired) electrons. The molecular formula is C18H21N3O4. The first-order chi connectivity index (χ1) is 12.1. The number of benzene rings is 1. The summed E-state index contributed by atoms with van der Waals surface area (Å²) < 4.78 is 9.94. The molecule has 2 amide bonds. The fourth-order valence-electron chi connectivity index (χ4n) is 2.13. The van der Waals surface area contributed by atoms with Crippen LogP contribution in [0.3, 0.4) is 0 Å². The normalized spacial score (nSPS) is 10.0. The van der Waals surface area contributed by atoms with Crippen molar-refractivity contribution in [3.8, 4) is 5.75 Å². The molecule has 0 fully saturated rings. The van der Waals surface area contributed by atoms with Gasteiger partial charge in [0.2, 0.25) is 0 Å². The molecule has 0 atom stereocenters. The second-order valence-corrected chi connectivity index (χ2v) is 5.14. The van der Waals surface area contributed by atoms with Gasteiger partial charge in [-0.1, -0.05) is 12.1 Å². The summed E-state index contributed by atoms with van der Waals surface area (Å²) in [4.78, 5) is 27.7. The molecule has 0 unspecified atom stereocenters. The van der Waals surface area contributed by atoms with Gasteiger partial charge in [-0.15, -0.1) is 0 Å². The number of hydrogen-bond acceptors (Lipinski definition) is 5. The maximum atomic E-state index is 12.3. The Hall–Kier alpha value is -3.09. The average Bonchev–Trinajstić information content (AvgIpc) is 2.65. The summed E-state index contributed by atoms with van der Waals surface area (Å²) in [6.45, 7) is 2.60. The van der Waals surface area contributed by atoms with E-state index in [0.717, 1.165) is 11.3 Å². The van der Waals surface area contributed by atoms with E-state index in [1.807, 2.05) is 24.3 Å². The summed E-state index contributed by atoms with van der Waals surface area (Å²) in [5.41, 5.74) is 1.98. The predicted molar refractivity (Wildman–Crippen MR) is 92.3 cm³/mol. The van der Waals surface area contributed by atoms with Crippen LogP contribution in [0, 0.1) is 0 Å². The van der Waals surface area contributed by atoms with Crippen LogP contribution in [0.5, 0.6) is 5.75 Å². The zero-order valence-corrected chi connectivity index (χ0v) is 14.2. The number of carbonyl (C=O) groups excluding carboxylic acids is 2. The number of nitrogens with one attached hydrogen (secondary N) is 2. The number of methoxy groups -OCH3 is 1. The van der Waals surface area contributed by atoms with Gasteiger partial charge in [0.15, 0.2) is 0 Å². The van der Waals surface area contributed by atoms with E-state index in [0.29, 0.717) is 24.4 Å². The predicted octanol–water partition coefficient (Wildman–Crippen LogP) is 2.27. The van der Waals surface area contributed by atoms with Gasteiger partial charge in [0, 0.05) is 18.3 Å². The third-order valence-corrected chi connectivity index (χ3v) is 3.36. The minimum Gasteiger partial charge on any atom is -0.497 e. The quantitative estimate of drug-likeness (QED) is 0.805. The second-order valence-electron chi connectivity index (χ2n) is 5.14. The van der Waals surface area contributed by atoms with Crippen LogP contribution < -0.4 is 15.4 Å². The summed E-state index contributed by atoms with van der Waals surface area (Å²) >= 11 is 0. The molecule has 7 heteroatoms. The molecule has 2 N–H and O–H groups in total. The first kappa shape index (κ1) is 18.3. The van der Waals surface area contributed by atoms with Crippen LogP contribution in [0.1, 0.15) is 28.5 Å². The van der Waals surface area contributed by atoms with Crippen molar-refractivity contribution >= 4 is 12.0 Å². The molecule has 0 bridgehead atoms. The first-order valence-electron chi connectivity index (χ1n) is 7.89. The van der Waals surface area contributed by atoms with Crippen LogP contribution in [-0.4, -0.2) is 30.7 Å². The molecular weight excluding hydrogens is 322 g/mol. The lowest BCUT2D eigenvalue weighted by Crippen LogP contribution is -2.25. The Balaban J connectivity index is 1.92. The Morgan fingerprint density at radius 2 is 1.96 bits per heavy atom. The minimum absolute atomic E-state index is 0.190. The van der Waals surface area contributed by atoms with E-state index in [1.54, 1.807) is 26.2 Å². The number of rotatable bonds is 7. The number of alkyl carbamates (subject to hydrolysis) is 1. The average molecular weight is 343 g/mol. The molecule has 0 saturated heterocycles. The number of hydrogen-bond donors (Lipinski definition) is 2. The van der Waals surface area contributed by atoms with Crippen molar-refractivity contribution in [2.75, 3.05) is 13.7 Å². The summed E-state index contributed by atoms with van der Waals surface area (Å²) in [5.74, 6) is 0.519. The van der Waals surface area contributed by atoms with E-state index < -0.39 is 6.09 Å². The van der Waals surface area contributed by atoms with Crippen molar-refractivity contribution in [3.05, 3.63) is 59.4 Å². The highest BCUT2D eigenvalue weighted by Gasteiger charge is 2.08. The number of pyridine rings is 1. The van der Waals surface area contributed by atoms with E-state index in [2.05, 4.69) is 15.6 Å². The Morgan fingerprint density at radius 3 is 2.72 bits per heavy atom. The summed E-state index contributed by atoms with van der Waals surface area (Å²) in [6.07, 6.45) is 1.01. The number of amides is 2. The topological polar surface area (TPSA) is 89.5 Å². The van der Waals surface area contributed by atoms with Crippen LogP contribution in [0.4, 0.5) is 4.79 Å². The third-order valence-electron chi connectivity index (χ3n) is 3.36. The zero-order valence-electron chi connectivity index (χ0n) is 14.2. The second kappa shape index (κ2) is 9.27. The van der Waals surface area contributed by atoms with E-state index in [4.69, 9.17) is 9.47 Å².